The molecule has 1 aromatic heterocycles. The zero-order chi connectivity index (χ0) is 18.9. The normalized spacial score (nSPS) is 21.3. The van der Waals surface area contributed by atoms with Crippen LogP contribution in [0.25, 0.3) is 0 Å². The quantitative estimate of drug-likeness (QED) is 0.732. The zero-order valence-electron chi connectivity index (χ0n) is 16.0. The van der Waals surface area contributed by atoms with E-state index in [-0.39, 0.29) is 17.6 Å². The maximum atomic E-state index is 12.2. The number of rotatable bonds is 7. The lowest BCUT2D eigenvalue weighted by Crippen LogP contribution is -2.54. The number of allylic oxidation sites excluding steroid dienone is 3. The Hall–Kier alpha value is -2.05. The van der Waals surface area contributed by atoms with Crippen molar-refractivity contribution in [3.05, 3.63) is 47.6 Å². The van der Waals surface area contributed by atoms with E-state index in [0.29, 0.717) is 6.54 Å². The van der Waals surface area contributed by atoms with Crippen LogP contribution in [0.1, 0.15) is 50.5 Å². The molecular formula is C20H30N4O2. The van der Waals surface area contributed by atoms with Crippen LogP contribution in [0.2, 0.25) is 0 Å². The fourth-order valence-electron chi connectivity index (χ4n) is 2.97. The molecule has 0 bridgehead atoms. The van der Waals surface area contributed by atoms with Gasteiger partial charge >= 0.3 is 0 Å². The summed E-state index contributed by atoms with van der Waals surface area (Å²) in [7, 11) is 0. The average molecular weight is 358 g/mol. The van der Waals surface area contributed by atoms with Crippen molar-refractivity contribution in [1.82, 2.24) is 20.2 Å². The van der Waals surface area contributed by atoms with Gasteiger partial charge in [-0.3, -0.25) is 14.7 Å². The third-order valence-electron chi connectivity index (χ3n) is 4.57. The van der Waals surface area contributed by atoms with Crippen molar-refractivity contribution in [3.8, 4) is 0 Å². The van der Waals surface area contributed by atoms with Crippen molar-refractivity contribution in [3.63, 3.8) is 0 Å². The molecule has 2 heterocycles. The molecule has 0 aromatic carbocycles. The first-order valence-corrected chi connectivity index (χ1v) is 9.22. The highest BCUT2D eigenvalue weighted by molar-refractivity contribution is 5.92. The highest BCUT2D eigenvalue weighted by Gasteiger charge is 2.28. The molecule has 6 heteroatoms. The van der Waals surface area contributed by atoms with E-state index in [1.165, 1.54) is 29.7 Å². The Bertz CT molecular complexity index is 638. The number of carbonyl (C=O) groups excluding carboxylic acids is 1. The molecule has 0 aliphatic carbocycles. The second kappa shape index (κ2) is 10.2. The predicted molar refractivity (Wildman–Crippen MR) is 103 cm³/mol. The van der Waals surface area contributed by atoms with Gasteiger partial charge in [-0.15, -0.1) is 0 Å². The molecule has 0 unspecified atom stereocenters. The number of aliphatic hydroxyl groups is 1. The molecule has 1 aliphatic heterocycles. The van der Waals surface area contributed by atoms with Crippen LogP contribution in [-0.2, 0) is 0 Å². The molecule has 0 radical (unpaired) electrons. The molecule has 2 N–H and O–H groups in total. The van der Waals surface area contributed by atoms with Gasteiger partial charge in [-0.25, -0.2) is 4.98 Å². The lowest BCUT2D eigenvalue weighted by atomic mass is 10.0. The number of likely N-dealkylation sites (tertiary alicyclic amines) is 1. The van der Waals surface area contributed by atoms with Gasteiger partial charge in [0.15, 0.2) is 0 Å². The summed E-state index contributed by atoms with van der Waals surface area (Å²) in [6.07, 6.45) is 11.2. The molecule has 6 nitrogen and oxygen atoms in total. The molecule has 0 spiro atoms. The van der Waals surface area contributed by atoms with E-state index in [9.17, 15) is 9.90 Å². The van der Waals surface area contributed by atoms with Gasteiger partial charge in [0.05, 0.1) is 18.3 Å². The van der Waals surface area contributed by atoms with E-state index in [4.69, 9.17) is 0 Å². The van der Waals surface area contributed by atoms with Gasteiger partial charge in [-0.1, -0.05) is 23.3 Å². The molecule has 0 saturated carbocycles. The fourth-order valence-corrected chi connectivity index (χ4v) is 2.97. The summed E-state index contributed by atoms with van der Waals surface area (Å²) in [5.41, 5.74) is 3.00. The molecule has 2 rings (SSSR count). The van der Waals surface area contributed by atoms with Crippen LogP contribution in [-0.4, -0.2) is 57.7 Å². The molecule has 1 fully saturated rings. The van der Waals surface area contributed by atoms with Gasteiger partial charge < -0.3 is 10.4 Å². The number of amides is 1. The summed E-state index contributed by atoms with van der Waals surface area (Å²) >= 11 is 0. The number of nitrogens with zero attached hydrogens (tertiary/aromatic N) is 3. The number of nitrogens with one attached hydrogen (secondary N) is 1. The molecule has 1 aliphatic rings. The maximum Gasteiger partial charge on any atom is 0.271 e. The predicted octanol–water partition coefficient (Wildman–Crippen LogP) is 2.33. The Morgan fingerprint density at radius 1 is 1.35 bits per heavy atom. The van der Waals surface area contributed by atoms with Gasteiger partial charge in [0.25, 0.3) is 5.91 Å². The van der Waals surface area contributed by atoms with E-state index in [0.717, 1.165) is 32.4 Å². The maximum absolute atomic E-state index is 12.2. The lowest BCUT2D eigenvalue weighted by molar-refractivity contribution is 0.0420. The Balaban J connectivity index is 1.77. The Kier molecular flexibility index (Phi) is 7.94. The highest BCUT2D eigenvalue weighted by atomic mass is 16.3. The van der Waals surface area contributed by atoms with E-state index >= 15 is 0 Å². The monoisotopic (exact) mass is 358 g/mol. The largest absolute Gasteiger partial charge is 0.390 e. The average Bonchev–Trinajstić information content (AvgIpc) is 2.62. The SMILES string of the molecule is CC(C)=CCC/C(C)=C/CN1CC[C@@H](NC(=O)c2cnccn2)[C@H](O)C1. The smallest absolute Gasteiger partial charge is 0.271 e. The zero-order valence-corrected chi connectivity index (χ0v) is 16.0. The molecule has 2 atom stereocenters. The molecule has 1 aromatic rings. The first kappa shape index (κ1) is 20.3. The van der Waals surface area contributed by atoms with E-state index in [1.54, 1.807) is 0 Å². The van der Waals surface area contributed by atoms with Crippen LogP contribution in [0.4, 0.5) is 0 Å². The van der Waals surface area contributed by atoms with Crippen molar-refractivity contribution >= 4 is 5.91 Å². The summed E-state index contributed by atoms with van der Waals surface area (Å²) in [4.78, 5) is 22.3. The van der Waals surface area contributed by atoms with Gasteiger partial charge in [-0.05, 0) is 40.0 Å². The second-order valence-corrected chi connectivity index (χ2v) is 7.16. The minimum Gasteiger partial charge on any atom is -0.390 e. The van der Waals surface area contributed by atoms with Gasteiger partial charge in [0.1, 0.15) is 5.69 Å². The van der Waals surface area contributed by atoms with Crippen molar-refractivity contribution < 1.29 is 9.90 Å². The van der Waals surface area contributed by atoms with Crippen LogP contribution in [0.3, 0.4) is 0 Å². The molecular weight excluding hydrogens is 328 g/mol. The highest BCUT2D eigenvalue weighted by Crippen LogP contribution is 2.13. The summed E-state index contributed by atoms with van der Waals surface area (Å²) in [6.45, 7) is 8.64. The first-order valence-electron chi connectivity index (χ1n) is 9.22. The molecule has 26 heavy (non-hydrogen) atoms. The number of aromatic nitrogens is 2. The van der Waals surface area contributed by atoms with Crippen molar-refractivity contribution in [2.24, 2.45) is 0 Å². The van der Waals surface area contributed by atoms with Crippen molar-refractivity contribution in [2.75, 3.05) is 19.6 Å². The second-order valence-electron chi connectivity index (χ2n) is 7.16. The Morgan fingerprint density at radius 2 is 2.15 bits per heavy atom. The molecule has 142 valence electrons. The number of β-amino-alcohol motifs (C(OH)–C–C–N with tert-alkyl or cyclic N) is 1. The minimum absolute atomic E-state index is 0.247. The summed E-state index contributed by atoms with van der Waals surface area (Å²) < 4.78 is 0. The van der Waals surface area contributed by atoms with E-state index < -0.39 is 6.10 Å². The number of aliphatic hydroxyl groups excluding tert-OH is 1. The van der Waals surface area contributed by atoms with E-state index in [1.807, 2.05) is 0 Å². The lowest BCUT2D eigenvalue weighted by Gasteiger charge is -2.35. The third-order valence-corrected chi connectivity index (χ3v) is 4.57. The van der Waals surface area contributed by atoms with Crippen LogP contribution >= 0.6 is 0 Å². The van der Waals surface area contributed by atoms with Crippen LogP contribution in [0.15, 0.2) is 41.9 Å². The number of piperidine rings is 1. The van der Waals surface area contributed by atoms with Crippen LogP contribution in [0, 0.1) is 0 Å². The topological polar surface area (TPSA) is 78.4 Å². The van der Waals surface area contributed by atoms with Crippen LogP contribution in [0.5, 0.6) is 0 Å². The Morgan fingerprint density at radius 3 is 2.81 bits per heavy atom. The molecule has 1 saturated heterocycles. The number of hydrogen-bond donors (Lipinski definition) is 2. The number of hydrogen-bond acceptors (Lipinski definition) is 5. The van der Waals surface area contributed by atoms with E-state index in [2.05, 4.69) is 53.1 Å². The number of carbonyl (C=O) groups is 1. The first-order chi connectivity index (χ1) is 12.5. The van der Waals surface area contributed by atoms with Gasteiger partial charge in [-0.2, -0.15) is 0 Å². The standard InChI is InChI=1S/C20H30N4O2/c1-15(2)5-4-6-16(3)7-11-24-12-8-17(19(25)14-24)23-20(26)18-13-21-9-10-22-18/h5,7,9-10,13,17,19,25H,4,6,8,11-12,14H2,1-3H3,(H,23,26)/b16-7+/t17-,19-/m1/s1. The minimum atomic E-state index is -0.580. The van der Waals surface area contributed by atoms with Gasteiger partial charge in [0, 0.05) is 32.0 Å². The summed E-state index contributed by atoms with van der Waals surface area (Å²) in [5, 5.41) is 13.3. The van der Waals surface area contributed by atoms with Crippen molar-refractivity contribution in [2.45, 2.75) is 52.2 Å². The summed E-state index contributed by atoms with van der Waals surface area (Å²) in [5.74, 6) is -0.286. The van der Waals surface area contributed by atoms with Crippen LogP contribution < -0.4 is 5.32 Å². The third kappa shape index (κ3) is 6.69. The summed E-state index contributed by atoms with van der Waals surface area (Å²) in [6, 6.07) is -0.247. The van der Waals surface area contributed by atoms with Gasteiger partial charge in [0.2, 0.25) is 0 Å². The van der Waals surface area contributed by atoms with Crippen molar-refractivity contribution in [1.29, 1.82) is 0 Å². The Labute approximate surface area is 156 Å². The molecule has 1 amide bonds. The fraction of sp³-hybridized carbons (Fsp3) is 0.550.